The SMILES string of the molecule is C=CCN1CCC2(CCC1=O)CN(Cc1ccc(Cl)cc1)CCN2C. The summed E-state index contributed by atoms with van der Waals surface area (Å²) in [6.45, 7) is 9.33. The van der Waals surface area contributed by atoms with Crippen molar-refractivity contribution in [2.75, 3.05) is 39.8 Å². The van der Waals surface area contributed by atoms with Crippen LogP contribution >= 0.6 is 11.6 Å². The van der Waals surface area contributed by atoms with E-state index < -0.39 is 0 Å². The van der Waals surface area contributed by atoms with Gasteiger partial charge in [-0.2, -0.15) is 0 Å². The van der Waals surface area contributed by atoms with Crippen LogP contribution in [0, 0.1) is 0 Å². The summed E-state index contributed by atoms with van der Waals surface area (Å²) in [6, 6.07) is 8.13. The molecule has 25 heavy (non-hydrogen) atoms. The Bertz CT molecular complexity index is 618. The number of piperazine rings is 1. The van der Waals surface area contributed by atoms with Gasteiger partial charge in [0.15, 0.2) is 0 Å². The van der Waals surface area contributed by atoms with E-state index in [9.17, 15) is 4.79 Å². The number of benzene rings is 1. The summed E-state index contributed by atoms with van der Waals surface area (Å²) in [5.74, 6) is 0.264. The van der Waals surface area contributed by atoms with Gasteiger partial charge in [-0.1, -0.05) is 29.8 Å². The maximum atomic E-state index is 12.4. The van der Waals surface area contributed by atoms with Crippen molar-refractivity contribution in [3.05, 3.63) is 47.5 Å². The van der Waals surface area contributed by atoms with Crippen LogP contribution in [0.15, 0.2) is 36.9 Å². The van der Waals surface area contributed by atoms with E-state index in [1.54, 1.807) is 0 Å². The predicted molar refractivity (Wildman–Crippen MR) is 103 cm³/mol. The minimum atomic E-state index is 0.0935. The molecule has 0 aliphatic carbocycles. The number of halogens is 1. The van der Waals surface area contributed by atoms with E-state index in [1.165, 1.54) is 5.56 Å². The van der Waals surface area contributed by atoms with E-state index in [1.807, 2.05) is 23.1 Å². The molecule has 0 saturated carbocycles. The zero-order chi connectivity index (χ0) is 17.9. The summed E-state index contributed by atoms with van der Waals surface area (Å²) < 4.78 is 0. The third-order valence-electron chi connectivity index (χ3n) is 5.75. The summed E-state index contributed by atoms with van der Waals surface area (Å²) in [4.78, 5) is 19.3. The lowest BCUT2D eigenvalue weighted by molar-refractivity contribution is -0.130. The zero-order valence-corrected chi connectivity index (χ0v) is 15.8. The molecule has 2 saturated heterocycles. The van der Waals surface area contributed by atoms with Gasteiger partial charge in [0.05, 0.1) is 0 Å². The lowest BCUT2D eigenvalue weighted by Crippen LogP contribution is -2.60. The number of likely N-dealkylation sites (N-methyl/N-ethyl adjacent to an activating group) is 1. The van der Waals surface area contributed by atoms with Gasteiger partial charge in [-0.25, -0.2) is 0 Å². The second kappa shape index (κ2) is 7.90. The maximum Gasteiger partial charge on any atom is 0.222 e. The number of likely N-dealkylation sites (tertiary alicyclic amines) is 1. The van der Waals surface area contributed by atoms with Crippen LogP contribution in [0.2, 0.25) is 5.02 Å². The van der Waals surface area contributed by atoms with Crippen molar-refractivity contribution < 1.29 is 4.79 Å². The van der Waals surface area contributed by atoms with Crippen LogP contribution in [-0.4, -0.2) is 65.9 Å². The molecular weight excluding hydrogens is 334 g/mol. The number of carbonyl (C=O) groups excluding carboxylic acids is 1. The maximum absolute atomic E-state index is 12.4. The molecule has 1 aromatic carbocycles. The Morgan fingerprint density at radius 1 is 1.20 bits per heavy atom. The van der Waals surface area contributed by atoms with E-state index in [-0.39, 0.29) is 11.4 Å². The molecule has 2 fully saturated rings. The standard InChI is InChI=1S/C20H28ClN3O/c1-3-11-24-12-10-20(9-8-19(24)25)16-23(14-13-22(20)2)15-17-4-6-18(21)7-5-17/h3-7H,1,8-16H2,2H3. The van der Waals surface area contributed by atoms with Crippen molar-refractivity contribution in [2.45, 2.75) is 31.3 Å². The van der Waals surface area contributed by atoms with Crippen molar-refractivity contribution in [1.29, 1.82) is 0 Å². The van der Waals surface area contributed by atoms with Gasteiger partial charge in [-0.05, 0) is 37.6 Å². The molecule has 0 aromatic heterocycles. The van der Waals surface area contributed by atoms with Gasteiger partial charge in [-0.3, -0.25) is 14.6 Å². The second-order valence-electron chi connectivity index (χ2n) is 7.36. The fourth-order valence-corrected chi connectivity index (χ4v) is 4.23. The highest BCUT2D eigenvalue weighted by Gasteiger charge is 2.41. The first-order valence-corrected chi connectivity index (χ1v) is 9.47. The smallest absolute Gasteiger partial charge is 0.222 e. The molecule has 2 aliphatic rings. The van der Waals surface area contributed by atoms with E-state index in [0.29, 0.717) is 13.0 Å². The average Bonchev–Trinajstić information content (AvgIpc) is 2.75. The van der Waals surface area contributed by atoms with Crippen LogP contribution in [0.25, 0.3) is 0 Å². The second-order valence-corrected chi connectivity index (χ2v) is 7.80. The Morgan fingerprint density at radius 2 is 1.96 bits per heavy atom. The molecule has 1 amide bonds. The average molecular weight is 362 g/mol. The number of carbonyl (C=O) groups is 1. The van der Waals surface area contributed by atoms with Gasteiger partial charge in [0.1, 0.15) is 0 Å². The summed E-state index contributed by atoms with van der Waals surface area (Å²) in [5, 5.41) is 0.781. The molecule has 0 bridgehead atoms. The van der Waals surface area contributed by atoms with Gasteiger partial charge in [0.2, 0.25) is 5.91 Å². The Morgan fingerprint density at radius 3 is 2.68 bits per heavy atom. The first kappa shape index (κ1) is 18.4. The van der Waals surface area contributed by atoms with Gasteiger partial charge in [-0.15, -0.1) is 6.58 Å². The third kappa shape index (κ3) is 4.25. The fraction of sp³-hybridized carbons (Fsp3) is 0.550. The molecule has 2 heterocycles. The molecule has 136 valence electrons. The predicted octanol–water partition coefficient (Wildman–Crippen LogP) is 3.02. The van der Waals surface area contributed by atoms with Crippen LogP contribution in [0.4, 0.5) is 0 Å². The monoisotopic (exact) mass is 361 g/mol. The molecule has 5 heteroatoms. The number of rotatable bonds is 4. The molecule has 1 unspecified atom stereocenters. The van der Waals surface area contributed by atoms with Gasteiger partial charge < -0.3 is 4.90 Å². The third-order valence-corrected chi connectivity index (χ3v) is 6.00. The van der Waals surface area contributed by atoms with Crippen LogP contribution < -0.4 is 0 Å². The molecule has 1 atom stereocenters. The minimum absolute atomic E-state index is 0.0935. The number of hydrogen-bond donors (Lipinski definition) is 0. The van der Waals surface area contributed by atoms with Crippen molar-refractivity contribution >= 4 is 17.5 Å². The minimum Gasteiger partial charge on any atom is -0.339 e. The van der Waals surface area contributed by atoms with Gasteiger partial charge in [0.25, 0.3) is 0 Å². The molecule has 1 aromatic rings. The van der Waals surface area contributed by atoms with E-state index >= 15 is 0 Å². The first-order chi connectivity index (χ1) is 12.0. The summed E-state index contributed by atoms with van der Waals surface area (Å²) >= 11 is 6.00. The van der Waals surface area contributed by atoms with Gasteiger partial charge >= 0.3 is 0 Å². The number of hydrogen-bond acceptors (Lipinski definition) is 3. The van der Waals surface area contributed by atoms with Crippen LogP contribution in [0.3, 0.4) is 0 Å². The summed E-state index contributed by atoms with van der Waals surface area (Å²) in [7, 11) is 2.22. The molecular formula is C20H28ClN3O. The molecule has 0 N–H and O–H groups in total. The fourth-order valence-electron chi connectivity index (χ4n) is 4.11. The zero-order valence-electron chi connectivity index (χ0n) is 15.1. The Kier molecular flexibility index (Phi) is 5.82. The Balaban J connectivity index is 1.70. The highest BCUT2D eigenvalue weighted by Crippen LogP contribution is 2.32. The van der Waals surface area contributed by atoms with Crippen molar-refractivity contribution in [1.82, 2.24) is 14.7 Å². The van der Waals surface area contributed by atoms with Crippen molar-refractivity contribution in [2.24, 2.45) is 0 Å². The molecule has 3 rings (SSSR count). The molecule has 2 aliphatic heterocycles. The Labute approximate surface area is 156 Å². The van der Waals surface area contributed by atoms with Crippen LogP contribution in [-0.2, 0) is 11.3 Å². The normalized spacial score (nSPS) is 26.0. The van der Waals surface area contributed by atoms with E-state index in [2.05, 4.69) is 35.6 Å². The number of amides is 1. The van der Waals surface area contributed by atoms with Crippen molar-refractivity contribution in [3.8, 4) is 0 Å². The molecule has 1 spiro atoms. The van der Waals surface area contributed by atoms with Crippen LogP contribution in [0.1, 0.15) is 24.8 Å². The first-order valence-electron chi connectivity index (χ1n) is 9.09. The topological polar surface area (TPSA) is 26.8 Å². The molecule has 4 nitrogen and oxygen atoms in total. The van der Waals surface area contributed by atoms with E-state index in [4.69, 9.17) is 11.6 Å². The highest BCUT2D eigenvalue weighted by atomic mass is 35.5. The van der Waals surface area contributed by atoms with Crippen LogP contribution in [0.5, 0.6) is 0 Å². The van der Waals surface area contributed by atoms with E-state index in [0.717, 1.165) is 50.6 Å². The summed E-state index contributed by atoms with van der Waals surface area (Å²) in [6.07, 6.45) is 4.42. The lowest BCUT2D eigenvalue weighted by atomic mass is 9.86. The largest absolute Gasteiger partial charge is 0.339 e. The molecule has 0 radical (unpaired) electrons. The van der Waals surface area contributed by atoms with Gasteiger partial charge in [0, 0.05) is 56.3 Å². The summed E-state index contributed by atoms with van der Waals surface area (Å²) in [5.41, 5.74) is 1.39. The lowest BCUT2D eigenvalue weighted by Gasteiger charge is -2.49. The Hall–Kier alpha value is -1.36. The highest BCUT2D eigenvalue weighted by molar-refractivity contribution is 6.30. The van der Waals surface area contributed by atoms with Crippen molar-refractivity contribution in [3.63, 3.8) is 0 Å². The number of nitrogens with zero attached hydrogens (tertiary/aromatic N) is 3. The quantitative estimate of drug-likeness (QED) is 0.771.